The van der Waals surface area contributed by atoms with Crippen LogP contribution in [-0.4, -0.2) is 20.4 Å². The van der Waals surface area contributed by atoms with E-state index in [2.05, 4.69) is 0 Å². The van der Waals surface area contributed by atoms with Crippen molar-refractivity contribution in [3.05, 3.63) is 34.7 Å². The lowest BCUT2D eigenvalue weighted by Crippen LogP contribution is -1.93. The quantitative estimate of drug-likeness (QED) is 0.796. The van der Waals surface area contributed by atoms with Gasteiger partial charge in [-0.3, -0.25) is 0 Å². The molecule has 80 valence electrons. The molecule has 0 unspecified atom stereocenters. The fourth-order valence-electron chi connectivity index (χ4n) is 1.71. The van der Waals surface area contributed by atoms with Crippen LogP contribution >= 0.6 is 11.8 Å². The average molecular weight is 240 g/mol. The molecule has 0 N–H and O–H groups in total. The number of rotatable bonds is 2. The predicted molar refractivity (Wildman–Crippen MR) is 64.7 cm³/mol. The van der Waals surface area contributed by atoms with Gasteiger partial charge in [0.05, 0.1) is 4.90 Å². The first-order valence-corrected chi connectivity index (χ1v) is 7.54. The number of aryl methyl sites for hydroxylation is 1. The second-order valence-corrected chi connectivity index (χ2v) is 6.25. The van der Waals surface area contributed by atoms with E-state index in [0.29, 0.717) is 4.90 Å². The zero-order valence-electron chi connectivity index (χ0n) is 8.65. The van der Waals surface area contributed by atoms with Crippen molar-refractivity contribution < 1.29 is 8.42 Å². The van der Waals surface area contributed by atoms with Crippen LogP contribution in [0.15, 0.2) is 28.5 Å². The summed E-state index contributed by atoms with van der Waals surface area (Å²) in [6.07, 6.45) is 1.97. The van der Waals surface area contributed by atoms with Gasteiger partial charge in [0, 0.05) is 11.2 Å². The first-order valence-electron chi connectivity index (χ1n) is 4.60. The van der Waals surface area contributed by atoms with Crippen molar-refractivity contribution in [2.45, 2.75) is 11.8 Å². The van der Waals surface area contributed by atoms with E-state index in [-0.39, 0.29) is 0 Å². The first-order chi connectivity index (χ1) is 7.04. The molecule has 1 aromatic rings. The molecular weight excluding hydrogens is 228 g/mol. The van der Waals surface area contributed by atoms with Crippen LogP contribution in [0.3, 0.4) is 0 Å². The Balaban J connectivity index is 2.62. The van der Waals surface area contributed by atoms with Gasteiger partial charge in [0.15, 0.2) is 0 Å². The molecule has 0 saturated heterocycles. The number of fused-ring (bicyclic) bond motifs is 1. The number of thioether (sulfide) groups is 1. The van der Waals surface area contributed by atoms with Gasteiger partial charge in [0.1, 0.15) is 0 Å². The van der Waals surface area contributed by atoms with Gasteiger partial charge >= 0.3 is 0 Å². The molecule has 1 heterocycles. The molecule has 2 nitrogen and oxygen atoms in total. The summed E-state index contributed by atoms with van der Waals surface area (Å²) in [5, 5.41) is 1.40. The standard InChI is InChI=1S/C11H12O2S2/c1-8-3-4-10-9(6-14-2)7-15(12,13)11(10)5-8/h3-5,7H,6H2,1-2H3. The molecule has 0 amide bonds. The van der Waals surface area contributed by atoms with Gasteiger partial charge in [-0.2, -0.15) is 11.8 Å². The highest BCUT2D eigenvalue weighted by molar-refractivity contribution is 7.99. The van der Waals surface area contributed by atoms with Crippen LogP contribution in [0.2, 0.25) is 0 Å². The Morgan fingerprint density at radius 2 is 2.07 bits per heavy atom. The van der Waals surface area contributed by atoms with Gasteiger partial charge in [0.25, 0.3) is 0 Å². The molecule has 2 rings (SSSR count). The second kappa shape index (κ2) is 3.68. The Morgan fingerprint density at radius 3 is 2.73 bits per heavy atom. The monoisotopic (exact) mass is 240 g/mol. The zero-order valence-corrected chi connectivity index (χ0v) is 10.3. The van der Waals surface area contributed by atoms with Gasteiger partial charge in [0.2, 0.25) is 9.84 Å². The molecular formula is C11H12O2S2. The first kappa shape index (κ1) is 10.8. The summed E-state index contributed by atoms with van der Waals surface area (Å²) in [4.78, 5) is 0.464. The maximum Gasteiger partial charge on any atom is 0.200 e. The summed E-state index contributed by atoms with van der Waals surface area (Å²) in [7, 11) is -3.17. The lowest BCUT2D eigenvalue weighted by atomic mass is 10.1. The highest BCUT2D eigenvalue weighted by Crippen LogP contribution is 2.35. The smallest absolute Gasteiger partial charge is 0.200 e. The summed E-state index contributed by atoms with van der Waals surface area (Å²) in [5.74, 6) is 0.745. The van der Waals surface area contributed by atoms with Crippen LogP contribution in [0.5, 0.6) is 0 Å². The molecule has 4 heteroatoms. The summed E-state index contributed by atoms with van der Waals surface area (Å²) < 4.78 is 23.6. The van der Waals surface area contributed by atoms with E-state index in [1.165, 1.54) is 5.41 Å². The zero-order chi connectivity index (χ0) is 11.1. The molecule has 0 aromatic heterocycles. The largest absolute Gasteiger partial charge is 0.219 e. The molecule has 15 heavy (non-hydrogen) atoms. The van der Waals surface area contributed by atoms with Gasteiger partial charge < -0.3 is 0 Å². The lowest BCUT2D eigenvalue weighted by molar-refractivity contribution is 0.605. The fraction of sp³-hybridized carbons (Fsp3) is 0.273. The Hall–Kier alpha value is -0.740. The Labute approximate surface area is 94.3 Å². The summed E-state index contributed by atoms with van der Waals surface area (Å²) in [6.45, 7) is 1.91. The Morgan fingerprint density at radius 1 is 1.33 bits per heavy atom. The summed E-state index contributed by atoms with van der Waals surface area (Å²) in [5.41, 5.74) is 2.77. The van der Waals surface area contributed by atoms with Crippen LogP contribution < -0.4 is 0 Å². The van der Waals surface area contributed by atoms with E-state index in [1.54, 1.807) is 17.8 Å². The van der Waals surface area contributed by atoms with E-state index in [4.69, 9.17) is 0 Å². The van der Waals surface area contributed by atoms with E-state index >= 15 is 0 Å². The highest BCUT2D eigenvalue weighted by Gasteiger charge is 2.26. The minimum Gasteiger partial charge on any atom is -0.219 e. The summed E-state index contributed by atoms with van der Waals surface area (Å²) >= 11 is 1.63. The second-order valence-electron chi connectivity index (χ2n) is 3.62. The highest BCUT2D eigenvalue weighted by atomic mass is 32.2. The van der Waals surface area contributed by atoms with Crippen LogP contribution in [0, 0.1) is 6.92 Å². The fourth-order valence-corrected chi connectivity index (χ4v) is 3.93. The van der Waals surface area contributed by atoms with Gasteiger partial charge in [-0.1, -0.05) is 12.1 Å². The summed E-state index contributed by atoms with van der Waals surface area (Å²) in [6, 6.07) is 5.60. The third-order valence-electron chi connectivity index (χ3n) is 2.39. The van der Waals surface area contributed by atoms with Crippen molar-refractivity contribution in [3.63, 3.8) is 0 Å². The minimum absolute atomic E-state index is 0.464. The predicted octanol–water partition coefficient (Wildman–Crippen LogP) is 2.49. The molecule has 0 saturated carbocycles. The SMILES string of the molecule is CSCC1=CS(=O)(=O)c2cc(C)ccc21. The maximum atomic E-state index is 11.8. The van der Waals surface area contributed by atoms with E-state index in [9.17, 15) is 8.42 Å². The Bertz CT molecular complexity index is 528. The van der Waals surface area contributed by atoms with E-state index in [0.717, 1.165) is 22.5 Å². The van der Waals surface area contributed by atoms with Gasteiger partial charge in [-0.15, -0.1) is 0 Å². The molecule has 1 aromatic carbocycles. The topological polar surface area (TPSA) is 34.1 Å². The molecule has 0 radical (unpaired) electrons. The van der Waals surface area contributed by atoms with E-state index < -0.39 is 9.84 Å². The Kier molecular flexibility index (Phi) is 2.64. The number of sulfone groups is 1. The van der Waals surface area contributed by atoms with E-state index in [1.807, 2.05) is 25.3 Å². The van der Waals surface area contributed by atoms with Crippen molar-refractivity contribution in [1.29, 1.82) is 0 Å². The van der Waals surface area contributed by atoms with Gasteiger partial charge in [-0.25, -0.2) is 8.42 Å². The van der Waals surface area contributed by atoms with Crippen molar-refractivity contribution in [2.75, 3.05) is 12.0 Å². The number of benzene rings is 1. The molecule has 0 bridgehead atoms. The minimum atomic E-state index is -3.17. The van der Waals surface area contributed by atoms with Crippen LogP contribution in [0.4, 0.5) is 0 Å². The molecule has 0 spiro atoms. The third kappa shape index (κ3) is 1.84. The number of hydrogen-bond donors (Lipinski definition) is 0. The molecule has 0 aliphatic carbocycles. The van der Waals surface area contributed by atoms with Gasteiger partial charge in [-0.05, 0) is 35.9 Å². The van der Waals surface area contributed by atoms with Crippen molar-refractivity contribution in [2.24, 2.45) is 0 Å². The van der Waals surface area contributed by atoms with Crippen LogP contribution in [-0.2, 0) is 9.84 Å². The maximum absolute atomic E-state index is 11.8. The van der Waals surface area contributed by atoms with Crippen LogP contribution in [0.1, 0.15) is 11.1 Å². The van der Waals surface area contributed by atoms with Crippen molar-refractivity contribution >= 4 is 27.2 Å². The third-order valence-corrected chi connectivity index (χ3v) is 4.53. The van der Waals surface area contributed by atoms with Crippen molar-refractivity contribution in [1.82, 2.24) is 0 Å². The molecule has 0 atom stereocenters. The normalized spacial score (nSPS) is 17.3. The molecule has 1 aliphatic rings. The lowest BCUT2D eigenvalue weighted by Gasteiger charge is -2.03. The average Bonchev–Trinajstić information content (AvgIpc) is 2.39. The number of hydrogen-bond acceptors (Lipinski definition) is 3. The van der Waals surface area contributed by atoms with Crippen molar-refractivity contribution in [3.8, 4) is 0 Å². The van der Waals surface area contributed by atoms with Crippen LogP contribution in [0.25, 0.3) is 5.57 Å². The molecule has 0 fully saturated rings. The molecule has 1 aliphatic heterocycles.